The molecule has 3 rings (SSSR count). The zero-order valence-corrected chi connectivity index (χ0v) is 14.9. The SMILES string of the molecule is CN(C)CCc1ccc(CN2Cc3nccn3CC(C(=O)O)C2)cc1. The van der Waals surface area contributed by atoms with Crippen LogP contribution in [0, 0.1) is 5.92 Å². The molecule has 2 heterocycles. The molecular formula is C19H26N4O2. The molecular weight excluding hydrogens is 316 g/mol. The first-order valence-electron chi connectivity index (χ1n) is 8.69. The number of aromatic nitrogens is 2. The van der Waals surface area contributed by atoms with Gasteiger partial charge in [-0.15, -0.1) is 0 Å². The second kappa shape index (κ2) is 7.80. The summed E-state index contributed by atoms with van der Waals surface area (Å²) >= 11 is 0. The number of likely N-dealkylation sites (N-methyl/N-ethyl adjacent to an activating group) is 1. The van der Waals surface area contributed by atoms with E-state index in [0.29, 0.717) is 19.6 Å². The standard InChI is InChI=1S/C19H26N4O2/c1-21(2)9-7-15-3-5-16(6-4-15)11-22-12-17(19(24)25)13-23-10-8-20-18(23)14-22/h3-6,8,10,17H,7,9,11-14H2,1-2H3,(H,24,25). The Balaban J connectivity index is 1.67. The van der Waals surface area contributed by atoms with Gasteiger partial charge in [-0.05, 0) is 31.6 Å². The molecule has 134 valence electrons. The summed E-state index contributed by atoms with van der Waals surface area (Å²) in [5, 5.41) is 9.49. The number of imidazole rings is 1. The lowest BCUT2D eigenvalue weighted by atomic mass is 10.1. The second-order valence-electron chi connectivity index (χ2n) is 7.07. The van der Waals surface area contributed by atoms with Gasteiger partial charge in [0, 0.05) is 38.6 Å². The molecule has 0 spiro atoms. The Morgan fingerprint density at radius 1 is 1.24 bits per heavy atom. The van der Waals surface area contributed by atoms with Crippen LogP contribution in [0.25, 0.3) is 0 Å². The predicted octanol–water partition coefficient (Wildman–Crippen LogP) is 1.70. The molecule has 1 aromatic carbocycles. The molecule has 0 radical (unpaired) electrons. The van der Waals surface area contributed by atoms with Gasteiger partial charge in [0.2, 0.25) is 0 Å². The minimum absolute atomic E-state index is 0.408. The van der Waals surface area contributed by atoms with Crippen molar-refractivity contribution >= 4 is 5.97 Å². The minimum Gasteiger partial charge on any atom is -0.481 e. The van der Waals surface area contributed by atoms with Gasteiger partial charge in [-0.25, -0.2) is 4.98 Å². The summed E-state index contributed by atoms with van der Waals surface area (Å²) in [6.07, 6.45) is 4.65. The monoisotopic (exact) mass is 342 g/mol. The van der Waals surface area contributed by atoms with Crippen LogP contribution < -0.4 is 0 Å². The highest BCUT2D eigenvalue weighted by Crippen LogP contribution is 2.18. The number of nitrogens with zero attached hydrogens (tertiary/aromatic N) is 4. The van der Waals surface area contributed by atoms with Crippen LogP contribution in [0.15, 0.2) is 36.7 Å². The lowest BCUT2D eigenvalue weighted by molar-refractivity contribution is -0.142. The Bertz CT molecular complexity index is 708. The number of carbonyl (C=O) groups is 1. The van der Waals surface area contributed by atoms with Gasteiger partial charge >= 0.3 is 5.97 Å². The maximum atomic E-state index is 11.5. The fraction of sp³-hybridized carbons (Fsp3) is 0.474. The minimum atomic E-state index is -0.745. The fourth-order valence-corrected chi connectivity index (χ4v) is 3.23. The molecule has 0 bridgehead atoms. The quantitative estimate of drug-likeness (QED) is 0.866. The van der Waals surface area contributed by atoms with Crippen molar-refractivity contribution in [1.82, 2.24) is 19.4 Å². The van der Waals surface area contributed by atoms with Crippen LogP contribution in [0.4, 0.5) is 0 Å². The van der Waals surface area contributed by atoms with Gasteiger partial charge in [0.1, 0.15) is 5.82 Å². The molecule has 2 aromatic rings. The number of fused-ring (bicyclic) bond motifs is 1. The van der Waals surface area contributed by atoms with Gasteiger partial charge in [0.15, 0.2) is 0 Å². The Kier molecular flexibility index (Phi) is 5.50. The van der Waals surface area contributed by atoms with Gasteiger partial charge < -0.3 is 14.6 Å². The van der Waals surface area contributed by atoms with Crippen molar-refractivity contribution in [2.75, 3.05) is 27.2 Å². The molecule has 1 aliphatic heterocycles. The van der Waals surface area contributed by atoms with E-state index in [2.05, 4.69) is 53.1 Å². The van der Waals surface area contributed by atoms with E-state index in [1.807, 2.05) is 10.8 Å². The van der Waals surface area contributed by atoms with Crippen molar-refractivity contribution in [3.05, 3.63) is 53.6 Å². The summed E-state index contributed by atoms with van der Waals surface area (Å²) in [5.74, 6) is -0.216. The molecule has 1 aliphatic rings. The number of carboxylic acids is 1. The molecule has 1 unspecified atom stereocenters. The van der Waals surface area contributed by atoms with Crippen molar-refractivity contribution in [2.45, 2.75) is 26.1 Å². The van der Waals surface area contributed by atoms with Crippen molar-refractivity contribution in [2.24, 2.45) is 5.92 Å². The molecule has 25 heavy (non-hydrogen) atoms. The van der Waals surface area contributed by atoms with E-state index in [4.69, 9.17) is 0 Å². The highest BCUT2D eigenvalue weighted by molar-refractivity contribution is 5.70. The topological polar surface area (TPSA) is 61.6 Å². The number of aliphatic carboxylic acids is 1. The molecule has 0 saturated heterocycles. The van der Waals surface area contributed by atoms with Gasteiger partial charge in [-0.3, -0.25) is 9.69 Å². The third kappa shape index (κ3) is 4.67. The van der Waals surface area contributed by atoms with E-state index >= 15 is 0 Å². The Morgan fingerprint density at radius 3 is 2.64 bits per heavy atom. The van der Waals surface area contributed by atoms with Crippen molar-refractivity contribution < 1.29 is 9.90 Å². The molecule has 0 fully saturated rings. The highest BCUT2D eigenvalue weighted by atomic mass is 16.4. The van der Waals surface area contributed by atoms with E-state index in [0.717, 1.165) is 25.3 Å². The lowest BCUT2D eigenvalue weighted by Crippen LogP contribution is -2.31. The van der Waals surface area contributed by atoms with Crippen LogP contribution in [0.5, 0.6) is 0 Å². The van der Waals surface area contributed by atoms with Crippen LogP contribution in [0.2, 0.25) is 0 Å². The summed E-state index contributed by atoms with van der Waals surface area (Å²) in [4.78, 5) is 20.3. The average molecular weight is 342 g/mol. The second-order valence-corrected chi connectivity index (χ2v) is 7.07. The van der Waals surface area contributed by atoms with Crippen molar-refractivity contribution in [1.29, 1.82) is 0 Å². The van der Waals surface area contributed by atoms with Crippen LogP contribution in [0.1, 0.15) is 17.0 Å². The molecule has 1 aromatic heterocycles. The first-order valence-corrected chi connectivity index (χ1v) is 8.69. The van der Waals surface area contributed by atoms with E-state index in [1.54, 1.807) is 6.20 Å². The Hall–Kier alpha value is -2.18. The smallest absolute Gasteiger partial charge is 0.309 e. The third-order valence-electron chi connectivity index (χ3n) is 4.69. The number of rotatable bonds is 6. The van der Waals surface area contributed by atoms with E-state index in [9.17, 15) is 9.90 Å². The lowest BCUT2D eigenvalue weighted by Gasteiger charge is -2.22. The average Bonchev–Trinajstić information content (AvgIpc) is 2.92. The zero-order chi connectivity index (χ0) is 17.8. The van der Waals surface area contributed by atoms with E-state index in [1.165, 1.54) is 11.1 Å². The summed E-state index contributed by atoms with van der Waals surface area (Å²) in [7, 11) is 4.16. The normalized spacial score (nSPS) is 18.1. The summed E-state index contributed by atoms with van der Waals surface area (Å²) in [6, 6.07) is 8.65. The number of benzene rings is 1. The number of hydrogen-bond donors (Lipinski definition) is 1. The number of hydrogen-bond acceptors (Lipinski definition) is 4. The molecule has 0 aliphatic carbocycles. The molecule has 6 heteroatoms. The molecule has 1 atom stereocenters. The summed E-state index contributed by atoms with van der Waals surface area (Å²) < 4.78 is 1.96. The third-order valence-corrected chi connectivity index (χ3v) is 4.69. The van der Waals surface area contributed by atoms with Crippen LogP contribution >= 0.6 is 0 Å². The maximum Gasteiger partial charge on any atom is 0.309 e. The summed E-state index contributed by atoms with van der Waals surface area (Å²) in [5.41, 5.74) is 2.53. The van der Waals surface area contributed by atoms with Gasteiger partial charge in [-0.2, -0.15) is 0 Å². The van der Waals surface area contributed by atoms with Crippen molar-refractivity contribution in [3.63, 3.8) is 0 Å². The molecule has 0 saturated carbocycles. The van der Waals surface area contributed by atoms with Crippen LogP contribution in [-0.4, -0.2) is 57.6 Å². The van der Waals surface area contributed by atoms with E-state index in [-0.39, 0.29) is 0 Å². The predicted molar refractivity (Wildman–Crippen MR) is 96.2 cm³/mol. The van der Waals surface area contributed by atoms with E-state index < -0.39 is 11.9 Å². The maximum absolute atomic E-state index is 11.5. The summed E-state index contributed by atoms with van der Waals surface area (Å²) in [6.45, 7) is 3.49. The fourth-order valence-electron chi connectivity index (χ4n) is 3.23. The first kappa shape index (κ1) is 17.6. The zero-order valence-electron chi connectivity index (χ0n) is 14.9. The van der Waals surface area contributed by atoms with Crippen LogP contribution in [0.3, 0.4) is 0 Å². The van der Waals surface area contributed by atoms with Gasteiger partial charge in [0.05, 0.1) is 12.5 Å². The Labute approximate surface area is 148 Å². The van der Waals surface area contributed by atoms with Crippen LogP contribution in [-0.2, 0) is 30.8 Å². The molecule has 0 amide bonds. The van der Waals surface area contributed by atoms with Gasteiger partial charge in [-0.1, -0.05) is 24.3 Å². The first-order chi connectivity index (χ1) is 12.0. The molecule has 1 N–H and O–H groups in total. The Morgan fingerprint density at radius 2 is 1.96 bits per heavy atom. The largest absolute Gasteiger partial charge is 0.481 e. The highest BCUT2D eigenvalue weighted by Gasteiger charge is 2.27. The number of carboxylic acid groups (broad SMARTS) is 1. The molecule has 6 nitrogen and oxygen atoms in total. The van der Waals surface area contributed by atoms with Gasteiger partial charge in [0.25, 0.3) is 0 Å². The van der Waals surface area contributed by atoms with Crippen molar-refractivity contribution in [3.8, 4) is 0 Å².